The fourth-order valence-corrected chi connectivity index (χ4v) is 5.81. The third-order valence-electron chi connectivity index (χ3n) is 7.87. The zero-order valence-electron chi connectivity index (χ0n) is 27.1. The number of ether oxygens (including phenoxy) is 3. The number of pyridine rings is 1. The summed E-state index contributed by atoms with van der Waals surface area (Å²) in [6.07, 6.45) is 1.15. The highest BCUT2D eigenvalue weighted by molar-refractivity contribution is 6.33. The molecule has 3 heterocycles. The van der Waals surface area contributed by atoms with Crippen LogP contribution in [0.15, 0.2) is 66.7 Å². The first-order valence-corrected chi connectivity index (χ1v) is 15.9. The van der Waals surface area contributed by atoms with Crippen molar-refractivity contribution in [3.8, 4) is 22.5 Å². The van der Waals surface area contributed by atoms with Crippen LogP contribution in [0.4, 0.5) is 0 Å². The van der Waals surface area contributed by atoms with E-state index in [4.69, 9.17) is 25.8 Å². The van der Waals surface area contributed by atoms with Crippen LogP contribution in [0.1, 0.15) is 79.4 Å². The fourth-order valence-electron chi connectivity index (χ4n) is 5.52. The molecule has 1 atom stereocenters. The molecular formula is C34H38ClN7O5. The van der Waals surface area contributed by atoms with Gasteiger partial charge in [-0.05, 0) is 53.5 Å². The summed E-state index contributed by atoms with van der Waals surface area (Å²) in [4.78, 5) is 18.5. The summed E-state index contributed by atoms with van der Waals surface area (Å²) in [6, 6.07) is 20.6. The molecular weight excluding hydrogens is 622 g/mol. The summed E-state index contributed by atoms with van der Waals surface area (Å²) < 4.78 is 20.3. The second-order valence-corrected chi connectivity index (χ2v) is 11.2. The molecule has 0 N–H and O–H groups in total. The standard InChI is InChI=1S/C34H38ClN7O5/c1-6-8-16-29-36-32(35)30(31(43)27-14-11-15-28(42(27)44)34(45-4)46-5)40(29)21-23-17-19-24(20-18-23)25-12-9-10-13-26(25)33-37-38-39-41(33)22(3)47-7-2/h9-15,17-20,22,34H,6-8,16,21H2,1-5H3. The quantitative estimate of drug-likeness (QED) is 0.0578. The molecule has 0 aliphatic carbocycles. The van der Waals surface area contributed by atoms with Crippen molar-refractivity contribution >= 4 is 17.4 Å². The minimum Gasteiger partial charge on any atom is -0.618 e. The average Bonchev–Trinajstić information content (AvgIpc) is 3.70. The van der Waals surface area contributed by atoms with E-state index in [-0.39, 0.29) is 28.5 Å². The van der Waals surface area contributed by atoms with Gasteiger partial charge in [0.2, 0.25) is 12.0 Å². The van der Waals surface area contributed by atoms with Gasteiger partial charge in [0.15, 0.2) is 17.2 Å². The van der Waals surface area contributed by atoms with E-state index in [1.165, 1.54) is 20.3 Å². The van der Waals surface area contributed by atoms with E-state index in [1.54, 1.807) is 16.8 Å². The van der Waals surface area contributed by atoms with Gasteiger partial charge in [-0.3, -0.25) is 4.79 Å². The lowest BCUT2D eigenvalue weighted by Crippen LogP contribution is -2.41. The molecule has 3 aromatic heterocycles. The molecule has 0 amide bonds. The van der Waals surface area contributed by atoms with Crippen molar-refractivity contribution in [2.45, 2.75) is 59.1 Å². The van der Waals surface area contributed by atoms with Crippen molar-refractivity contribution in [2.75, 3.05) is 20.8 Å². The van der Waals surface area contributed by atoms with E-state index in [1.807, 2.05) is 66.9 Å². The molecule has 0 fully saturated rings. The highest BCUT2D eigenvalue weighted by Gasteiger charge is 2.31. The Morgan fingerprint density at radius 1 is 1.00 bits per heavy atom. The number of aromatic nitrogens is 7. The van der Waals surface area contributed by atoms with Crippen LogP contribution in [0.5, 0.6) is 0 Å². The number of methoxy groups -OCH3 is 2. The van der Waals surface area contributed by atoms with E-state index in [0.717, 1.165) is 35.1 Å². The smallest absolute Gasteiger partial charge is 0.277 e. The summed E-state index contributed by atoms with van der Waals surface area (Å²) in [5.74, 6) is 0.729. The van der Waals surface area contributed by atoms with Crippen LogP contribution >= 0.6 is 11.6 Å². The van der Waals surface area contributed by atoms with E-state index < -0.39 is 12.1 Å². The number of aryl methyl sites for hydroxylation is 1. The second kappa shape index (κ2) is 15.4. The first-order valence-electron chi connectivity index (χ1n) is 15.5. The molecule has 0 bridgehead atoms. The molecule has 1 unspecified atom stereocenters. The Kier molecular flexibility index (Phi) is 11.1. The second-order valence-electron chi connectivity index (χ2n) is 10.9. The summed E-state index contributed by atoms with van der Waals surface area (Å²) in [6.45, 7) is 6.77. The monoisotopic (exact) mass is 659 g/mol. The highest BCUT2D eigenvalue weighted by atomic mass is 35.5. The molecule has 0 aliphatic rings. The van der Waals surface area contributed by atoms with Gasteiger partial charge in [0.1, 0.15) is 11.5 Å². The number of carbonyl (C=O) groups is 1. The van der Waals surface area contributed by atoms with Crippen molar-refractivity contribution in [3.63, 3.8) is 0 Å². The predicted molar refractivity (Wildman–Crippen MR) is 176 cm³/mol. The van der Waals surface area contributed by atoms with Crippen LogP contribution in [-0.4, -0.2) is 56.4 Å². The van der Waals surface area contributed by atoms with Crippen molar-refractivity contribution in [1.82, 2.24) is 29.8 Å². The van der Waals surface area contributed by atoms with Crippen LogP contribution in [0, 0.1) is 5.21 Å². The van der Waals surface area contributed by atoms with Crippen LogP contribution in [0.25, 0.3) is 22.5 Å². The fraction of sp³-hybridized carbons (Fsp3) is 0.353. The van der Waals surface area contributed by atoms with Crippen molar-refractivity contribution in [1.29, 1.82) is 0 Å². The molecule has 0 aliphatic heterocycles. The molecule has 13 heteroatoms. The molecule has 0 radical (unpaired) electrons. The lowest BCUT2D eigenvalue weighted by Gasteiger charge is -2.16. The summed E-state index contributed by atoms with van der Waals surface area (Å²) in [5, 5.41) is 25.7. The molecule has 12 nitrogen and oxygen atoms in total. The minimum absolute atomic E-state index is 0.0473. The van der Waals surface area contributed by atoms with Gasteiger partial charge in [-0.2, -0.15) is 9.41 Å². The van der Waals surface area contributed by atoms with Crippen LogP contribution < -0.4 is 4.73 Å². The van der Waals surface area contributed by atoms with Gasteiger partial charge >= 0.3 is 0 Å². The molecule has 5 aromatic rings. The number of rotatable bonds is 15. The van der Waals surface area contributed by atoms with Gasteiger partial charge in [0.25, 0.3) is 11.5 Å². The number of nitrogens with zero attached hydrogens (tertiary/aromatic N) is 7. The number of halogens is 1. The lowest BCUT2D eigenvalue weighted by molar-refractivity contribution is -0.625. The number of benzene rings is 2. The highest BCUT2D eigenvalue weighted by Crippen LogP contribution is 2.32. The van der Waals surface area contributed by atoms with Gasteiger partial charge in [-0.15, -0.1) is 5.10 Å². The third-order valence-corrected chi connectivity index (χ3v) is 8.13. The molecule has 0 spiro atoms. The van der Waals surface area contributed by atoms with E-state index in [0.29, 0.717) is 36.0 Å². The zero-order chi connectivity index (χ0) is 33.5. The Labute approximate surface area is 278 Å². The number of ketones is 1. The summed E-state index contributed by atoms with van der Waals surface area (Å²) in [5.41, 5.74) is 3.88. The Bertz CT molecular complexity index is 1820. The maximum absolute atomic E-state index is 14.0. The van der Waals surface area contributed by atoms with Gasteiger partial charge in [-0.1, -0.05) is 73.5 Å². The topological polar surface area (TPSA) is 133 Å². The Morgan fingerprint density at radius 2 is 1.72 bits per heavy atom. The minimum atomic E-state index is -0.940. The molecule has 2 aromatic carbocycles. The van der Waals surface area contributed by atoms with E-state index >= 15 is 0 Å². The summed E-state index contributed by atoms with van der Waals surface area (Å²) in [7, 11) is 2.84. The van der Waals surface area contributed by atoms with Crippen LogP contribution in [-0.2, 0) is 27.2 Å². The Balaban J connectivity index is 1.50. The van der Waals surface area contributed by atoms with E-state index in [2.05, 4.69) is 27.4 Å². The summed E-state index contributed by atoms with van der Waals surface area (Å²) >= 11 is 6.63. The predicted octanol–water partition coefficient (Wildman–Crippen LogP) is 5.96. The third kappa shape index (κ3) is 7.10. The Hall–Kier alpha value is -4.49. The zero-order valence-corrected chi connectivity index (χ0v) is 27.8. The number of carbonyl (C=O) groups excluding carboxylic acids is 1. The number of unbranched alkanes of at least 4 members (excludes halogenated alkanes) is 1. The van der Waals surface area contributed by atoms with Crippen molar-refractivity contribution < 1.29 is 23.7 Å². The maximum atomic E-state index is 14.0. The number of hydrogen-bond donors (Lipinski definition) is 0. The first kappa shape index (κ1) is 33.9. The van der Waals surface area contributed by atoms with Gasteiger partial charge in [0.05, 0.1) is 0 Å². The number of imidazole rings is 1. The van der Waals surface area contributed by atoms with Gasteiger partial charge in [0, 0.05) is 51.5 Å². The SMILES string of the molecule is CCCCc1nc(Cl)c(C(=O)c2cccc(C(OC)OC)[n+]2[O-])n1Cc1ccc(-c2ccccc2-c2nnnn2C(C)OCC)cc1. The van der Waals surface area contributed by atoms with Gasteiger partial charge in [-0.25, -0.2) is 4.98 Å². The van der Waals surface area contributed by atoms with Crippen LogP contribution in [0.3, 0.4) is 0 Å². The largest absolute Gasteiger partial charge is 0.618 e. The van der Waals surface area contributed by atoms with Crippen molar-refractivity contribution in [3.05, 3.63) is 106 Å². The average molecular weight is 660 g/mol. The van der Waals surface area contributed by atoms with Crippen molar-refractivity contribution in [2.24, 2.45) is 0 Å². The Morgan fingerprint density at radius 3 is 2.40 bits per heavy atom. The van der Waals surface area contributed by atoms with Gasteiger partial charge < -0.3 is 24.0 Å². The normalized spacial score (nSPS) is 12.1. The lowest BCUT2D eigenvalue weighted by atomic mass is 9.98. The maximum Gasteiger partial charge on any atom is 0.277 e. The number of tetrazole rings is 1. The molecule has 0 saturated carbocycles. The van der Waals surface area contributed by atoms with E-state index in [9.17, 15) is 10.0 Å². The molecule has 5 rings (SSSR count). The number of hydrogen-bond acceptors (Lipinski definition) is 9. The molecule has 246 valence electrons. The van der Waals surface area contributed by atoms with Crippen LogP contribution in [0.2, 0.25) is 5.15 Å². The molecule has 0 saturated heterocycles. The molecule has 47 heavy (non-hydrogen) atoms. The first-order chi connectivity index (χ1) is 22.8.